The summed E-state index contributed by atoms with van der Waals surface area (Å²) in [6.07, 6.45) is 1.60. The number of methoxy groups -OCH3 is 1. The highest BCUT2D eigenvalue weighted by molar-refractivity contribution is 8.00. The lowest BCUT2D eigenvalue weighted by molar-refractivity contribution is -0.118. The molecule has 0 aliphatic rings. The van der Waals surface area contributed by atoms with Crippen LogP contribution in [0.2, 0.25) is 0 Å². The van der Waals surface area contributed by atoms with E-state index in [1.165, 1.54) is 18.1 Å². The number of aromatic nitrogens is 2. The van der Waals surface area contributed by atoms with Gasteiger partial charge in [0.25, 0.3) is 0 Å². The number of carbonyl (C=O) groups is 2. The maximum absolute atomic E-state index is 13.1. The molecule has 0 saturated heterocycles. The van der Waals surface area contributed by atoms with Gasteiger partial charge in [-0.15, -0.1) is 11.3 Å². The molecule has 2 N–H and O–H groups in total. The van der Waals surface area contributed by atoms with Crippen molar-refractivity contribution in [3.63, 3.8) is 0 Å². The molecule has 0 aliphatic carbocycles. The molecular weight excluding hydrogens is 456 g/mol. The van der Waals surface area contributed by atoms with Gasteiger partial charge in [-0.3, -0.25) is 9.59 Å². The molecule has 2 aromatic carbocycles. The summed E-state index contributed by atoms with van der Waals surface area (Å²) in [6.45, 7) is 0.205. The first-order valence-electron chi connectivity index (χ1n) is 10.2. The van der Waals surface area contributed by atoms with Crippen LogP contribution >= 0.6 is 23.1 Å². The van der Waals surface area contributed by atoms with Gasteiger partial charge in [0.1, 0.15) is 21.9 Å². The zero-order valence-electron chi connectivity index (χ0n) is 17.9. The van der Waals surface area contributed by atoms with Crippen LogP contribution in [0.5, 0.6) is 5.75 Å². The van der Waals surface area contributed by atoms with Gasteiger partial charge in [-0.2, -0.15) is 0 Å². The number of thioether (sulfide) groups is 1. The average Bonchev–Trinajstić information content (AvgIpc) is 3.29. The van der Waals surface area contributed by atoms with Crippen LogP contribution in [0, 0.1) is 0 Å². The van der Waals surface area contributed by atoms with Crippen molar-refractivity contribution in [3.05, 3.63) is 67.0 Å². The van der Waals surface area contributed by atoms with Gasteiger partial charge in [-0.25, -0.2) is 9.97 Å². The standard InChI is InChI=1S/C24H22N4O3S2/c1-31-18-9-7-17(8-10-18)28(12-11-21(25)29)22(30)14-32-23-19-13-20(16-5-3-2-4-6-16)33-24(19)27-15-26-23/h2-10,13,15H,11-12,14H2,1H3,(H2,25,29). The second-order valence-electron chi connectivity index (χ2n) is 7.12. The van der Waals surface area contributed by atoms with Crippen LogP contribution < -0.4 is 15.4 Å². The number of primary amides is 1. The molecule has 0 bridgehead atoms. The van der Waals surface area contributed by atoms with E-state index in [1.807, 2.05) is 18.2 Å². The van der Waals surface area contributed by atoms with Crippen molar-refractivity contribution in [1.82, 2.24) is 9.97 Å². The third-order valence-corrected chi connectivity index (χ3v) is 7.03. The van der Waals surface area contributed by atoms with Gasteiger partial charge >= 0.3 is 0 Å². The molecule has 4 rings (SSSR count). The first-order chi connectivity index (χ1) is 16.0. The van der Waals surface area contributed by atoms with Gasteiger partial charge < -0.3 is 15.4 Å². The topological polar surface area (TPSA) is 98.4 Å². The largest absolute Gasteiger partial charge is 0.497 e. The van der Waals surface area contributed by atoms with Gasteiger partial charge in [0.15, 0.2) is 0 Å². The van der Waals surface area contributed by atoms with E-state index in [4.69, 9.17) is 10.5 Å². The van der Waals surface area contributed by atoms with Crippen LogP contribution in [0.1, 0.15) is 6.42 Å². The Kier molecular flexibility index (Phi) is 7.21. The second kappa shape index (κ2) is 10.5. The maximum Gasteiger partial charge on any atom is 0.237 e. The summed E-state index contributed by atoms with van der Waals surface area (Å²) in [5.41, 5.74) is 7.12. The third-order valence-electron chi connectivity index (χ3n) is 4.95. The Labute approximate surface area is 199 Å². The lowest BCUT2D eigenvalue weighted by atomic mass is 10.2. The van der Waals surface area contributed by atoms with Crippen molar-refractivity contribution in [1.29, 1.82) is 0 Å². The molecule has 0 unspecified atom stereocenters. The number of nitrogens with two attached hydrogens (primary N) is 1. The average molecular weight is 479 g/mol. The summed E-state index contributed by atoms with van der Waals surface area (Å²) >= 11 is 2.95. The van der Waals surface area contributed by atoms with Crippen molar-refractivity contribution in [2.75, 3.05) is 24.3 Å². The van der Waals surface area contributed by atoms with Gasteiger partial charge in [-0.1, -0.05) is 42.1 Å². The molecule has 0 radical (unpaired) electrons. The fourth-order valence-corrected chi connectivity index (χ4v) is 5.20. The molecule has 33 heavy (non-hydrogen) atoms. The molecule has 0 atom stereocenters. The Balaban J connectivity index is 1.53. The zero-order chi connectivity index (χ0) is 23.2. The minimum absolute atomic E-state index is 0.0746. The molecule has 0 saturated carbocycles. The van der Waals surface area contributed by atoms with Crippen LogP contribution in [-0.2, 0) is 9.59 Å². The van der Waals surface area contributed by atoms with Crippen LogP contribution in [-0.4, -0.2) is 41.2 Å². The number of amides is 2. The molecule has 168 valence electrons. The van der Waals surface area contributed by atoms with Gasteiger partial charge in [0.2, 0.25) is 11.8 Å². The van der Waals surface area contributed by atoms with E-state index >= 15 is 0 Å². The first-order valence-corrected chi connectivity index (χ1v) is 12.0. The van der Waals surface area contributed by atoms with Crippen molar-refractivity contribution in [3.8, 4) is 16.2 Å². The molecule has 0 aliphatic heterocycles. The monoisotopic (exact) mass is 478 g/mol. The molecule has 0 spiro atoms. The molecule has 4 aromatic rings. The number of fused-ring (bicyclic) bond motifs is 1. The minimum atomic E-state index is -0.460. The number of hydrogen-bond acceptors (Lipinski definition) is 7. The number of hydrogen-bond donors (Lipinski definition) is 1. The number of rotatable bonds is 9. The Morgan fingerprint density at radius 1 is 1.09 bits per heavy atom. The molecular formula is C24H22N4O3S2. The Bertz CT molecular complexity index is 1260. The van der Waals surface area contributed by atoms with E-state index in [9.17, 15) is 9.59 Å². The quantitative estimate of drug-likeness (QED) is 0.283. The van der Waals surface area contributed by atoms with Crippen molar-refractivity contribution in [2.45, 2.75) is 11.4 Å². The lowest BCUT2D eigenvalue weighted by Gasteiger charge is -2.22. The number of anilines is 1. The van der Waals surface area contributed by atoms with E-state index < -0.39 is 5.91 Å². The summed E-state index contributed by atoms with van der Waals surface area (Å²) in [7, 11) is 1.58. The predicted molar refractivity (Wildman–Crippen MR) is 133 cm³/mol. The molecule has 2 heterocycles. The Hall–Kier alpha value is -3.43. The fourth-order valence-electron chi connectivity index (χ4n) is 3.28. The van der Waals surface area contributed by atoms with Gasteiger partial charge in [-0.05, 0) is 35.9 Å². The first kappa shape index (κ1) is 22.8. The van der Waals surface area contributed by atoms with E-state index in [0.717, 1.165) is 25.7 Å². The Morgan fingerprint density at radius 2 is 1.85 bits per heavy atom. The lowest BCUT2D eigenvalue weighted by Crippen LogP contribution is -2.35. The smallest absolute Gasteiger partial charge is 0.237 e. The molecule has 2 amide bonds. The molecule has 9 heteroatoms. The SMILES string of the molecule is COc1ccc(N(CCC(N)=O)C(=O)CSc2ncnc3sc(-c4ccccc4)cc23)cc1. The van der Waals surface area contributed by atoms with Crippen LogP contribution in [0.25, 0.3) is 20.7 Å². The number of carbonyl (C=O) groups excluding carboxylic acids is 2. The van der Waals surface area contributed by atoms with E-state index in [1.54, 1.807) is 47.6 Å². The minimum Gasteiger partial charge on any atom is -0.497 e. The van der Waals surface area contributed by atoms with Crippen molar-refractivity contribution < 1.29 is 14.3 Å². The number of thiophene rings is 1. The second-order valence-corrected chi connectivity index (χ2v) is 9.12. The highest BCUT2D eigenvalue weighted by Gasteiger charge is 2.19. The van der Waals surface area contributed by atoms with Gasteiger partial charge in [0, 0.05) is 28.9 Å². The van der Waals surface area contributed by atoms with E-state index in [-0.39, 0.29) is 24.6 Å². The number of nitrogens with zero attached hydrogens (tertiary/aromatic N) is 3. The van der Waals surface area contributed by atoms with Gasteiger partial charge in [0.05, 0.1) is 12.9 Å². The van der Waals surface area contributed by atoms with Crippen LogP contribution in [0.4, 0.5) is 5.69 Å². The molecule has 7 nitrogen and oxygen atoms in total. The summed E-state index contributed by atoms with van der Waals surface area (Å²) in [6, 6.07) is 19.3. The third kappa shape index (κ3) is 5.50. The van der Waals surface area contributed by atoms with E-state index in [2.05, 4.69) is 28.2 Å². The predicted octanol–water partition coefficient (Wildman–Crippen LogP) is 4.37. The summed E-state index contributed by atoms with van der Waals surface area (Å²) in [4.78, 5) is 36.8. The highest BCUT2D eigenvalue weighted by Crippen LogP contribution is 2.36. The van der Waals surface area contributed by atoms with Crippen molar-refractivity contribution in [2.24, 2.45) is 5.73 Å². The van der Waals surface area contributed by atoms with Crippen molar-refractivity contribution >= 4 is 50.8 Å². The van der Waals surface area contributed by atoms with Crippen LogP contribution in [0.15, 0.2) is 72.0 Å². The number of ether oxygens (including phenoxy) is 1. The van der Waals surface area contributed by atoms with E-state index in [0.29, 0.717) is 11.4 Å². The highest BCUT2D eigenvalue weighted by atomic mass is 32.2. The number of benzene rings is 2. The zero-order valence-corrected chi connectivity index (χ0v) is 19.6. The Morgan fingerprint density at radius 3 is 2.55 bits per heavy atom. The van der Waals surface area contributed by atoms with Crippen LogP contribution in [0.3, 0.4) is 0 Å². The normalized spacial score (nSPS) is 10.8. The molecule has 0 fully saturated rings. The summed E-state index contributed by atoms with van der Waals surface area (Å²) in [5.74, 6) is 0.244. The summed E-state index contributed by atoms with van der Waals surface area (Å²) < 4.78 is 5.19. The maximum atomic E-state index is 13.1. The summed E-state index contributed by atoms with van der Waals surface area (Å²) in [5, 5.41) is 1.67. The fraction of sp³-hybridized carbons (Fsp3) is 0.167. The molecule has 2 aromatic heterocycles.